The number of carbonyl (C=O) groups is 1. The molecule has 0 aliphatic carbocycles. The third kappa shape index (κ3) is 2.13. The number of aromatic nitrogens is 1. The van der Waals surface area contributed by atoms with E-state index in [0.717, 1.165) is 29.3 Å². The molecule has 1 aromatic carbocycles. The molecular formula is C16H18N2O3. The molecule has 0 radical (unpaired) electrons. The van der Waals surface area contributed by atoms with Gasteiger partial charge in [-0.25, -0.2) is 0 Å². The van der Waals surface area contributed by atoms with E-state index in [1.807, 2.05) is 35.4 Å². The fraction of sp³-hybridized carbons (Fsp3) is 0.438. The molecule has 0 bridgehead atoms. The number of aromatic amines is 1. The smallest absolute Gasteiger partial charge is 0.254 e. The summed E-state index contributed by atoms with van der Waals surface area (Å²) in [5.74, 6) is -0.343. The minimum absolute atomic E-state index is 0.0908. The van der Waals surface area contributed by atoms with Crippen molar-refractivity contribution in [2.45, 2.75) is 18.6 Å². The van der Waals surface area contributed by atoms with Crippen molar-refractivity contribution < 1.29 is 14.3 Å². The van der Waals surface area contributed by atoms with Crippen molar-refractivity contribution in [3.63, 3.8) is 0 Å². The minimum Gasteiger partial charge on any atom is -0.361 e. The Labute approximate surface area is 122 Å². The molecule has 4 rings (SSSR count). The second kappa shape index (κ2) is 4.86. The van der Waals surface area contributed by atoms with Gasteiger partial charge in [-0.1, -0.05) is 6.07 Å². The number of hydrogen-bond acceptors (Lipinski definition) is 3. The Kier molecular flexibility index (Phi) is 2.97. The van der Waals surface area contributed by atoms with Crippen LogP contribution in [0.2, 0.25) is 0 Å². The second-order valence-corrected chi connectivity index (χ2v) is 5.64. The highest BCUT2D eigenvalue weighted by Crippen LogP contribution is 2.32. The number of ether oxygens (including phenoxy) is 2. The first-order valence-corrected chi connectivity index (χ1v) is 7.41. The number of likely N-dealkylation sites (tertiary alicyclic amines) is 1. The largest absolute Gasteiger partial charge is 0.361 e. The van der Waals surface area contributed by atoms with Crippen molar-refractivity contribution in [2.75, 3.05) is 26.3 Å². The third-order valence-corrected chi connectivity index (χ3v) is 4.45. The highest BCUT2D eigenvalue weighted by Gasteiger charge is 2.40. The van der Waals surface area contributed by atoms with Gasteiger partial charge in [0.2, 0.25) is 0 Å². The first kappa shape index (κ1) is 12.9. The van der Waals surface area contributed by atoms with Crippen LogP contribution in [0.15, 0.2) is 30.5 Å². The van der Waals surface area contributed by atoms with Crippen LogP contribution in [-0.2, 0) is 9.47 Å². The van der Waals surface area contributed by atoms with Gasteiger partial charge in [0, 0.05) is 48.6 Å². The van der Waals surface area contributed by atoms with E-state index in [4.69, 9.17) is 9.47 Å². The molecule has 1 amide bonds. The standard InChI is InChI=1S/C16H18N2O3/c19-15(13-2-1-3-14-12(13)4-7-17-14)18-8-5-16(6-9-18)20-10-11-21-16/h1-4,7,17H,5-6,8-11H2. The van der Waals surface area contributed by atoms with Crippen LogP contribution in [0.5, 0.6) is 0 Å². The molecule has 2 aliphatic heterocycles. The van der Waals surface area contributed by atoms with E-state index in [2.05, 4.69) is 4.98 Å². The second-order valence-electron chi connectivity index (χ2n) is 5.64. The fourth-order valence-corrected chi connectivity index (χ4v) is 3.28. The maximum atomic E-state index is 12.7. The maximum absolute atomic E-state index is 12.7. The zero-order valence-corrected chi connectivity index (χ0v) is 11.8. The van der Waals surface area contributed by atoms with E-state index in [-0.39, 0.29) is 5.91 Å². The van der Waals surface area contributed by atoms with Crippen molar-refractivity contribution >= 4 is 16.8 Å². The van der Waals surface area contributed by atoms with Crippen LogP contribution in [0.1, 0.15) is 23.2 Å². The Morgan fingerprint density at radius 3 is 2.67 bits per heavy atom. The third-order valence-electron chi connectivity index (χ3n) is 4.45. The highest BCUT2D eigenvalue weighted by molar-refractivity contribution is 6.06. The Balaban J connectivity index is 1.54. The van der Waals surface area contributed by atoms with E-state index in [9.17, 15) is 4.79 Å². The summed E-state index contributed by atoms with van der Waals surface area (Å²) in [5.41, 5.74) is 1.76. The average molecular weight is 286 g/mol. The molecule has 110 valence electrons. The number of fused-ring (bicyclic) bond motifs is 1. The van der Waals surface area contributed by atoms with Crippen LogP contribution >= 0.6 is 0 Å². The van der Waals surface area contributed by atoms with E-state index >= 15 is 0 Å². The van der Waals surface area contributed by atoms with Crippen LogP contribution < -0.4 is 0 Å². The molecular weight excluding hydrogens is 268 g/mol. The van der Waals surface area contributed by atoms with Gasteiger partial charge in [-0.15, -0.1) is 0 Å². The lowest BCUT2D eigenvalue weighted by Crippen LogP contribution is -2.47. The van der Waals surface area contributed by atoms with Crippen LogP contribution in [-0.4, -0.2) is 47.9 Å². The molecule has 1 N–H and O–H groups in total. The summed E-state index contributed by atoms with van der Waals surface area (Å²) < 4.78 is 11.4. The highest BCUT2D eigenvalue weighted by atomic mass is 16.7. The molecule has 0 atom stereocenters. The number of hydrogen-bond donors (Lipinski definition) is 1. The summed E-state index contributed by atoms with van der Waals surface area (Å²) in [6.07, 6.45) is 3.37. The number of nitrogens with zero attached hydrogens (tertiary/aromatic N) is 1. The molecule has 5 heteroatoms. The lowest BCUT2D eigenvalue weighted by Gasteiger charge is -2.37. The lowest BCUT2D eigenvalue weighted by molar-refractivity contribution is -0.181. The molecule has 2 saturated heterocycles. The zero-order chi connectivity index (χ0) is 14.3. The Bertz CT molecular complexity index is 663. The summed E-state index contributed by atoms with van der Waals surface area (Å²) in [5, 5.41) is 0.983. The molecule has 1 spiro atoms. The Morgan fingerprint density at radius 1 is 1.14 bits per heavy atom. The molecule has 2 aromatic rings. The van der Waals surface area contributed by atoms with Gasteiger partial charge in [0.25, 0.3) is 5.91 Å². The number of benzene rings is 1. The van der Waals surface area contributed by atoms with Crippen molar-refractivity contribution in [1.82, 2.24) is 9.88 Å². The summed E-state index contributed by atoms with van der Waals surface area (Å²) in [7, 11) is 0. The van der Waals surface area contributed by atoms with Crippen LogP contribution in [0.4, 0.5) is 0 Å². The van der Waals surface area contributed by atoms with Crippen LogP contribution in [0.3, 0.4) is 0 Å². The molecule has 5 nitrogen and oxygen atoms in total. The zero-order valence-electron chi connectivity index (χ0n) is 11.8. The van der Waals surface area contributed by atoms with E-state index in [1.165, 1.54) is 0 Å². The average Bonchev–Trinajstić information content (AvgIpc) is 3.16. The quantitative estimate of drug-likeness (QED) is 0.874. The molecule has 2 aliphatic rings. The van der Waals surface area contributed by atoms with Gasteiger partial charge < -0.3 is 19.4 Å². The van der Waals surface area contributed by atoms with Crippen molar-refractivity contribution in [3.05, 3.63) is 36.0 Å². The number of nitrogens with one attached hydrogen (secondary N) is 1. The molecule has 1 aromatic heterocycles. The predicted octanol–water partition coefficient (Wildman–Crippen LogP) is 2.15. The number of piperidine rings is 1. The number of carbonyl (C=O) groups excluding carboxylic acids is 1. The predicted molar refractivity (Wildman–Crippen MR) is 78.1 cm³/mol. The van der Waals surface area contributed by atoms with Gasteiger partial charge in [-0.3, -0.25) is 4.79 Å². The molecule has 0 unspecified atom stereocenters. The summed E-state index contributed by atoms with van der Waals surface area (Å²) in [4.78, 5) is 17.8. The van der Waals surface area contributed by atoms with Gasteiger partial charge in [0.1, 0.15) is 0 Å². The van der Waals surface area contributed by atoms with Gasteiger partial charge in [-0.2, -0.15) is 0 Å². The first-order valence-electron chi connectivity index (χ1n) is 7.41. The van der Waals surface area contributed by atoms with Crippen molar-refractivity contribution in [2.24, 2.45) is 0 Å². The van der Waals surface area contributed by atoms with Crippen LogP contribution in [0.25, 0.3) is 10.9 Å². The van der Waals surface area contributed by atoms with Gasteiger partial charge in [-0.05, 0) is 18.2 Å². The number of amides is 1. The SMILES string of the molecule is O=C(c1cccc2[nH]ccc12)N1CCC2(CC1)OCCO2. The monoisotopic (exact) mass is 286 g/mol. The van der Waals surface area contributed by atoms with Crippen LogP contribution in [0, 0.1) is 0 Å². The summed E-state index contributed by atoms with van der Waals surface area (Å²) >= 11 is 0. The lowest BCUT2D eigenvalue weighted by atomic mass is 10.0. The molecule has 21 heavy (non-hydrogen) atoms. The molecule has 3 heterocycles. The van der Waals surface area contributed by atoms with E-state index in [1.54, 1.807) is 0 Å². The van der Waals surface area contributed by atoms with E-state index < -0.39 is 5.79 Å². The van der Waals surface area contributed by atoms with Crippen molar-refractivity contribution in [3.8, 4) is 0 Å². The van der Waals surface area contributed by atoms with Crippen molar-refractivity contribution in [1.29, 1.82) is 0 Å². The number of H-pyrrole nitrogens is 1. The van der Waals surface area contributed by atoms with Gasteiger partial charge in [0.05, 0.1) is 13.2 Å². The van der Waals surface area contributed by atoms with Gasteiger partial charge in [0.15, 0.2) is 5.79 Å². The topological polar surface area (TPSA) is 54.6 Å². The Morgan fingerprint density at radius 2 is 1.90 bits per heavy atom. The first-order chi connectivity index (χ1) is 10.3. The Hall–Kier alpha value is -1.85. The van der Waals surface area contributed by atoms with E-state index in [0.29, 0.717) is 26.3 Å². The van der Waals surface area contributed by atoms with Gasteiger partial charge >= 0.3 is 0 Å². The minimum atomic E-state index is -0.434. The molecule has 0 saturated carbocycles. The number of rotatable bonds is 1. The summed E-state index contributed by atoms with van der Waals surface area (Å²) in [6.45, 7) is 2.69. The molecule has 2 fully saturated rings. The summed E-state index contributed by atoms with van der Waals surface area (Å²) in [6, 6.07) is 7.75. The normalized spacial score (nSPS) is 21.2. The maximum Gasteiger partial charge on any atom is 0.254 e. The fourth-order valence-electron chi connectivity index (χ4n) is 3.28.